The van der Waals surface area contributed by atoms with E-state index < -0.39 is 0 Å². The summed E-state index contributed by atoms with van der Waals surface area (Å²) < 4.78 is 2.48. The lowest BCUT2D eigenvalue weighted by Gasteiger charge is -2.13. The second kappa shape index (κ2) is 5.15. The Morgan fingerprint density at radius 3 is 2.78 bits per heavy atom. The van der Waals surface area contributed by atoms with Gasteiger partial charge >= 0.3 is 0 Å². The molecule has 1 aromatic carbocycles. The molecule has 1 aliphatic rings. The van der Waals surface area contributed by atoms with Crippen molar-refractivity contribution >= 4 is 10.9 Å². The minimum absolute atomic E-state index is 0.734. The van der Waals surface area contributed by atoms with Crippen molar-refractivity contribution in [2.75, 3.05) is 6.54 Å². The van der Waals surface area contributed by atoms with Gasteiger partial charge in [0.1, 0.15) is 0 Å². The quantitative estimate of drug-likeness (QED) is 0.871. The Balaban J connectivity index is 1.89. The first-order valence-corrected chi connectivity index (χ1v) is 7.18. The summed E-state index contributed by atoms with van der Waals surface area (Å²) in [6, 6.07) is 9.89. The van der Waals surface area contributed by atoms with E-state index in [2.05, 4.69) is 35.0 Å². The highest BCUT2D eigenvalue weighted by atomic mass is 15.0. The van der Waals surface area contributed by atoms with Crippen LogP contribution >= 0.6 is 0 Å². The van der Waals surface area contributed by atoms with Crippen molar-refractivity contribution in [2.24, 2.45) is 5.73 Å². The van der Waals surface area contributed by atoms with Crippen LogP contribution in [-0.2, 0) is 6.42 Å². The number of hydrogen-bond donors (Lipinski definition) is 1. The average Bonchev–Trinajstić information content (AvgIpc) is 3.04. The van der Waals surface area contributed by atoms with Crippen LogP contribution in [0.3, 0.4) is 0 Å². The summed E-state index contributed by atoms with van der Waals surface area (Å²) in [6.45, 7) is 0.779. The number of aromatic nitrogens is 1. The molecule has 2 nitrogen and oxygen atoms in total. The zero-order chi connectivity index (χ0) is 12.4. The third-order valence-electron chi connectivity index (χ3n) is 4.17. The Kier molecular flexibility index (Phi) is 3.37. The third kappa shape index (κ3) is 2.17. The van der Waals surface area contributed by atoms with Crippen molar-refractivity contribution in [3.63, 3.8) is 0 Å². The summed E-state index contributed by atoms with van der Waals surface area (Å²) in [5.41, 5.74) is 8.39. The van der Waals surface area contributed by atoms with Crippen LogP contribution in [0.5, 0.6) is 0 Å². The van der Waals surface area contributed by atoms with Gasteiger partial charge in [0.15, 0.2) is 0 Å². The average molecular weight is 242 g/mol. The number of rotatable bonds is 4. The fourth-order valence-electron chi connectivity index (χ4n) is 3.18. The highest BCUT2D eigenvalue weighted by Crippen LogP contribution is 2.33. The number of aryl methyl sites for hydroxylation is 1. The summed E-state index contributed by atoms with van der Waals surface area (Å²) in [7, 11) is 0. The predicted octanol–water partition coefficient (Wildman–Crippen LogP) is 3.65. The third-order valence-corrected chi connectivity index (χ3v) is 4.17. The van der Waals surface area contributed by atoms with Gasteiger partial charge in [-0.15, -0.1) is 0 Å². The van der Waals surface area contributed by atoms with Crippen LogP contribution < -0.4 is 5.73 Å². The molecule has 18 heavy (non-hydrogen) atoms. The molecule has 1 fully saturated rings. The van der Waals surface area contributed by atoms with Gasteiger partial charge in [-0.25, -0.2) is 0 Å². The van der Waals surface area contributed by atoms with Crippen LogP contribution in [-0.4, -0.2) is 11.1 Å². The molecule has 1 heterocycles. The molecule has 0 aliphatic heterocycles. The molecule has 3 rings (SSSR count). The van der Waals surface area contributed by atoms with E-state index in [-0.39, 0.29) is 0 Å². The molecule has 0 radical (unpaired) electrons. The molecule has 0 unspecified atom stereocenters. The maximum absolute atomic E-state index is 5.57. The molecule has 0 amide bonds. The van der Waals surface area contributed by atoms with Gasteiger partial charge < -0.3 is 10.3 Å². The van der Waals surface area contributed by atoms with E-state index in [1.807, 2.05) is 0 Å². The van der Waals surface area contributed by atoms with Crippen LogP contribution in [0.1, 0.15) is 43.7 Å². The van der Waals surface area contributed by atoms with Crippen LogP contribution in [0.4, 0.5) is 0 Å². The predicted molar refractivity (Wildman–Crippen MR) is 76.8 cm³/mol. The lowest BCUT2D eigenvalue weighted by Crippen LogP contribution is -2.02. The van der Waals surface area contributed by atoms with Gasteiger partial charge in [-0.2, -0.15) is 0 Å². The van der Waals surface area contributed by atoms with E-state index in [1.54, 1.807) is 0 Å². The van der Waals surface area contributed by atoms with Crippen LogP contribution in [0.2, 0.25) is 0 Å². The van der Waals surface area contributed by atoms with Crippen molar-refractivity contribution in [1.29, 1.82) is 0 Å². The second-order valence-corrected chi connectivity index (χ2v) is 5.45. The number of nitrogens with zero attached hydrogens (tertiary/aromatic N) is 1. The Labute approximate surface area is 109 Å². The summed E-state index contributed by atoms with van der Waals surface area (Å²) >= 11 is 0. The molecule has 0 spiro atoms. The van der Waals surface area contributed by atoms with Gasteiger partial charge in [-0.3, -0.25) is 0 Å². The van der Waals surface area contributed by atoms with Gasteiger partial charge in [0.25, 0.3) is 0 Å². The van der Waals surface area contributed by atoms with Gasteiger partial charge in [0.2, 0.25) is 0 Å². The molecule has 2 heteroatoms. The first-order valence-electron chi connectivity index (χ1n) is 7.18. The Morgan fingerprint density at radius 2 is 2.00 bits per heavy atom. The summed E-state index contributed by atoms with van der Waals surface area (Å²) in [6.07, 6.45) is 9.92. The van der Waals surface area contributed by atoms with Gasteiger partial charge in [-0.05, 0) is 61.4 Å². The smallest absolute Gasteiger partial charge is 0.0483 e. The highest BCUT2D eigenvalue weighted by molar-refractivity contribution is 5.81. The van der Waals surface area contributed by atoms with Crippen molar-refractivity contribution < 1.29 is 0 Å². The molecule has 1 aliphatic carbocycles. The topological polar surface area (TPSA) is 30.9 Å². The van der Waals surface area contributed by atoms with Gasteiger partial charge in [0, 0.05) is 17.8 Å². The summed E-state index contributed by atoms with van der Waals surface area (Å²) in [5.74, 6) is 0. The summed E-state index contributed by atoms with van der Waals surface area (Å²) in [5, 5.41) is 1.39. The Bertz CT molecular complexity index is 521. The number of hydrogen-bond acceptors (Lipinski definition) is 1. The molecule has 0 bridgehead atoms. The van der Waals surface area contributed by atoms with E-state index in [9.17, 15) is 0 Å². The molecule has 2 aromatic rings. The molecule has 0 saturated heterocycles. The fourth-order valence-corrected chi connectivity index (χ4v) is 3.18. The molecular formula is C16H22N2. The highest BCUT2D eigenvalue weighted by Gasteiger charge is 2.17. The van der Waals surface area contributed by atoms with Crippen molar-refractivity contribution in [3.05, 3.63) is 36.0 Å². The van der Waals surface area contributed by atoms with E-state index >= 15 is 0 Å². The fraction of sp³-hybridized carbons (Fsp3) is 0.500. The monoisotopic (exact) mass is 242 g/mol. The van der Waals surface area contributed by atoms with Crippen molar-refractivity contribution in [1.82, 2.24) is 4.57 Å². The molecule has 96 valence electrons. The largest absolute Gasteiger partial charge is 0.344 e. The first kappa shape index (κ1) is 11.8. The zero-order valence-electron chi connectivity index (χ0n) is 10.9. The van der Waals surface area contributed by atoms with Crippen molar-refractivity contribution in [2.45, 2.75) is 44.6 Å². The maximum atomic E-state index is 5.57. The minimum Gasteiger partial charge on any atom is -0.344 e. The minimum atomic E-state index is 0.734. The van der Waals surface area contributed by atoms with Crippen LogP contribution in [0.25, 0.3) is 10.9 Å². The molecular weight excluding hydrogens is 220 g/mol. The van der Waals surface area contributed by atoms with E-state index in [0.717, 1.165) is 25.4 Å². The maximum Gasteiger partial charge on any atom is 0.0483 e. The summed E-state index contributed by atoms with van der Waals surface area (Å²) in [4.78, 5) is 0. The Morgan fingerprint density at radius 1 is 1.17 bits per heavy atom. The van der Waals surface area contributed by atoms with E-state index in [0.29, 0.717) is 0 Å². The SMILES string of the molecule is NCCCc1ccc2c(ccn2C2CCCC2)c1. The van der Waals surface area contributed by atoms with E-state index in [1.165, 1.54) is 42.1 Å². The first-order chi connectivity index (χ1) is 8.88. The van der Waals surface area contributed by atoms with Crippen LogP contribution in [0, 0.1) is 0 Å². The number of fused-ring (bicyclic) bond motifs is 1. The van der Waals surface area contributed by atoms with Crippen molar-refractivity contribution in [3.8, 4) is 0 Å². The molecule has 2 N–H and O–H groups in total. The Hall–Kier alpha value is -1.28. The van der Waals surface area contributed by atoms with E-state index in [4.69, 9.17) is 5.73 Å². The lowest BCUT2D eigenvalue weighted by molar-refractivity contribution is 0.536. The van der Waals surface area contributed by atoms with Gasteiger partial charge in [-0.1, -0.05) is 18.9 Å². The lowest BCUT2D eigenvalue weighted by atomic mass is 10.1. The zero-order valence-corrected chi connectivity index (χ0v) is 10.9. The number of nitrogens with two attached hydrogens (primary N) is 1. The molecule has 1 aromatic heterocycles. The molecule has 1 saturated carbocycles. The standard InChI is InChI=1S/C16H22N2/c17-10-3-4-13-7-8-16-14(12-13)9-11-18(16)15-5-1-2-6-15/h7-9,11-12,15H,1-6,10,17H2. The van der Waals surface area contributed by atoms with Crippen LogP contribution in [0.15, 0.2) is 30.5 Å². The molecule has 0 atom stereocenters. The second-order valence-electron chi connectivity index (χ2n) is 5.45. The normalized spacial score (nSPS) is 16.7. The number of benzene rings is 1. The van der Waals surface area contributed by atoms with Gasteiger partial charge in [0.05, 0.1) is 0 Å².